The van der Waals surface area contributed by atoms with Crippen LogP contribution < -0.4 is 4.90 Å². The van der Waals surface area contributed by atoms with Crippen LogP contribution in [0.4, 0.5) is 5.00 Å². The van der Waals surface area contributed by atoms with E-state index in [1.165, 1.54) is 67.7 Å². The maximum Gasteiger partial charge on any atom is 0.0918 e. The maximum absolute atomic E-state index is 4.02. The van der Waals surface area contributed by atoms with E-state index in [0.29, 0.717) is 0 Å². The first kappa shape index (κ1) is 27.5. The van der Waals surface area contributed by atoms with Gasteiger partial charge in [0.2, 0.25) is 0 Å². The largest absolute Gasteiger partial charge is 0.366 e. The monoisotopic (exact) mass is 457 g/mol. The van der Waals surface area contributed by atoms with Gasteiger partial charge >= 0.3 is 0 Å². The lowest BCUT2D eigenvalue weighted by atomic mass is 10.1. The summed E-state index contributed by atoms with van der Waals surface area (Å²) in [5.74, 6) is 0. The summed E-state index contributed by atoms with van der Waals surface area (Å²) >= 11 is 3.76. The fourth-order valence-electron chi connectivity index (χ4n) is 3.03. The number of hydrogen-bond donors (Lipinski definition) is 0. The highest BCUT2D eigenvalue weighted by molar-refractivity contribution is 7.23. The lowest BCUT2D eigenvalue weighted by Crippen LogP contribution is -2.16. The molecule has 3 aromatic rings. The lowest BCUT2D eigenvalue weighted by Gasteiger charge is -2.15. The molecular weight excluding hydrogens is 414 g/mol. The van der Waals surface area contributed by atoms with Crippen molar-refractivity contribution in [3.05, 3.63) is 46.9 Å². The van der Waals surface area contributed by atoms with Gasteiger partial charge in [0.25, 0.3) is 0 Å². The van der Waals surface area contributed by atoms with Crippen LogP contribution in [0.25, 0.3) is 26.2 Å². The second-order valence-electron chi connectivity index (χ2n) is 7.90. The average molecular weight is 458 g/mol. The van der Waals surface area contributed by atoms with Crippen LogP contribution in [0, 0.1) is 0 Å². The van der Waals surface area contributed by atoms with E-state index in [-0.39, 0.29) is 0 Å². The van der Waals surface area contributed by atoms with Gasteiger partial charge in [-0.25, -0.2) is 0 Å². The van der Waals surface area contributed by atoms with Gasteiger partial charge in [0.15, 0.2) is 0 Å². The van der Waals surface area contributed by atoms with Crippen molar-refractivity contribution >= 4 is 53.9 Å². The third kappa shape index (κ3) is 8.46. The summed E-state index contributed by atoms with van der Waals surface area (Å²) in [6, 6.07) is 9.32. The fraction of sp³-hybridized carbons (Fsp3) is 0.500. The van der Waals surface area contributed by atoms with E-state index in [2.05, 4.69) is 83.5 Å². The Morgan fingerprint density at radius 1 is 0.871 bits per heavy atom. The summed E-state index contributed by atoms with van der Waals surface area (Å²) in [5, 5.41) is 4.08. The maximum atomic E-state index is 4.02. The second kappa shape index (κ2) is 14.5. The highest BCUT2D eigenvalue weighted by Crippen LogP contribution is 2.38. The Bertz CT molecular complexity index is 905. The Hall–Kier alpha value is -1.58. The van der Waals surface area contributed by atoms with Gasteiger partial charge in [-0.3, -0.25) is 0 Å². The van der Waals surface area contributed by atoms with Crippen molar-refractivity contribution in [2.24, 2.45) is 0 Å². The first-order chi connectivity index (χ1) is 14.9. The van der Waals surface area contributed by atoms with Crippen LogP contribution in [0.15, 0.2) is 42.0 Å². The molecule has 2 aromatic heterocycles. The lowest BCUT2D eigenvalue weighted by molar-refractivity contribution is 0.770. The molecule has 0 atom stereocenters. The molecule has 0 bridgehead atoms. The fourth-order valence-corrected chi connectivity index (χ4v) is 5.21. The topological polar surface area (TPSA) is 3.24 Å². The van der Waals surface area contributed by atoms with Crippen LogP contribution >= 0.6 is 22.7 Å². The van der Waals surface area contributed by atoms with Gasteiger partial charge in [0, 0.05) is 27.9 Å². The Morgan fingerprint density at radius 2 is 1.42 bits per heavy atom. The van der Waals surface area contributed by atoms with Crippen LogP contribution in [0.5, 0.6) is 0 Å². The van der Waals surface area contributed by atoms with E-state index in [1.807, 2.05) is 36.5 Å². The zero-order valence-corrected chi connectivity index (χ0v) is 22.7. The van der Waals surface area contributed by atoms with Crippen LogP contribution in [-0.4, -0.2) is 13.6 Å². The van der Waals surface area contributed by atoms with E-state index >= 15 is 0 Å². The van der Waals surface area contributed by atoms with Crippen molar-refractivity contribution in [3.8, 4) is 0 Å². The van der Waals surface area contributed by atoms with Gasteiger partial charge in [-0.2, -0.15) is 0 Å². The Balaban J connectivity index is 0.000000605. The third-order valence-corrected chi connectivity index (χ3v) is 7.38. The van der Waals surface area contributed by atoms with Crippen molar-refractivity contribution in [3.63, 3.8) is 0 Å². The normalized spacial score (nSPS) is 11.0. The molecule has 0 amide bonds. The van der Waals surface area contributed by atoms with E-state index in [9.17, 15) is 0 Å². The molecule has 1 nitrogen and oxygen atoms in total. The van der Waals surface area contributed by atoms with Crippen molar-refractivity contribution in [1.82, 2.24) is 0 Å². The van der Waals surface area contributed by atoms with Crippen molar-refractivity contribution < 1.29 is 0 Å². The molecule has 0 fully saturated rings. The second-order valence-corrected chi connectivity index (χ2v) is 10.1. The molecule has 0 unspecified atom stereocenters. The number of thiophene rings is 2. The third-order valence-electron chi connectivity index (χ3n) is 5.12. The first-order valence-corrected chi connectivity index (χ1v) is 13.5. The summed E-state index contributed by atoms with van der Waals surface area (Å²) in [7, 11) is 2.20. The highest BCUT2D eigenvalue weighted by Gasteiger charge is 2.09. The van der Waals surface area contributed by atoms with Crippen molar-refractivity contribution in [1.29, 1.82) is 0 Å². The number of rotatable bonds is 8. The quantitative estimate of drug-likeness (QED) is 0.304. The number of benzene rings is 1. The van der Waals surface area contributed by atoms with Gasteiger partial charge in [-0.15, -0.1) is 22.7 Å². The molecule has 0 spiro atoms. The van der Waals surface area contributed by atoms with Gasteiger partial charge in [-0.1, -0.05) is 72.5 Å². The van der Waals surface area contributed by atoms with Gasteiger partial charge in [0.1, 0.15) is 0 Å². The molecule has 0 radical (unpaired) electrons. The number of unbranched alkanes of at least 4 members (excludes halogenated alkanes) is 3. The average Bonchev–Trinajstić information content (AvgIpc) is 3.34. The van der Waals surface area contributed by atoms with E-state index < -0.39 is 0 Å². The minimum absolute atomic E-state index is 1.13. The van der Waals surface area contributed by atoms with Gasteiger partial charge in [-0.05, 0) is 67.0 Å². The predicted molar refractivity (Wildman–Crippen MR) is 150 cm³/mol. The van der Waals surface area contributed by atoms with Crippen LogP contribution in [-0.2, 0) is 0 Å². The first-order valence-electron chi connectivity index (χ1n) is 11.9. The molecule has 3 heteroatoms. The molecule has 172 valence electrons. The van der Waals surface area contributed by atoms with Crippen molar-refractivity contribution in [2.75, 3.05) is 18.5 Å². The standard InChI is InChI=1S/C21H25NS2.C5H12.C2H6/c1-6-7-8-22(5)21-13-17-12-19-16(11-20(17)24-21)10-18(23-19)9-15(4)14(2)3;1-3-5-4-2;1-2/h9-13H,2,6-8H2,1,3-5H3;3-5H2,1-2H3;1-2H3/b15-9+;;. The number of nitrogens with zero attached hydrogens (tertiary/aromatic N) is 1. The molecule has 0 saturated heterocycles. The molecular formula is C28H43NS2. The molecule has 2 heterocycles. The molecule has 0 aliphatic rings. The Kier molecular flexibility index (Phi) is 12.8. The van der Waals surface area contributed by atoms with E-state index in [1.54, 1.807) is 0 Å². The van der Waals surface area contributed by atoms with Gasteiger partial charge < -0.3 is 4.90 Å². The molecule has 0 aliphatic carbocycles. The smallest absolute Gasteiger partial charge is 0.0918 e. The van der Waals surface area contributed by atoms with E-state index in [4.69, 9.17) is 0 Å². The zero-order valence-electron chi connectivity index (χ0n) is 21.1. The zero-order chi connectivity index (χ0) is 23.4. The summed E-state index contributed by atoms with van der Waals surface area (Å²) in [6.07, 6.45) is 8.81. The van der Waals surface area contributed by atoms with Crippen molar-refractivity contribution in [2.45, 2.75) is 80.6 Å². The van der Waals surface area contributed by atoms with Crippen LogP contribution in [0.2, 0.25) is 0 Å². The van der Waals surface area contributed by atoms with Crippen LogP contribution in [0.1, 0.15) is 85.4 Å². The molecule has 1 aromatic carbocycles. The number of anilines is 1. The summed E-state index contributed by atoms with van der Waals surface area (Å²) < 4.78 is 2.75. The molecule has 0 N–H and O–H groups in total. The number of allylic oxidation sites excluding steroid dienone is 2. The summed E-state index contributed by atoms with van der Waals surface area (Å²) in [6.45, 7) is 20.0. The Labute approximate surface area is 199 Å². The molecule has 3 rings (SSSR count). The minimum Gasteiger partial charge on any atom is -0.366 e. The minimum atomic E-state index is 1.13. The highest BCUT2D eigenvalue weighted by atomic mass is 32.1. The van der Waals surface area contributed by atoms with Crippen LogP contribution in [0.3, 0.4) is 0 Å². The van der Waals surface area contributed by atoms with E-state index in [0.717, 1.165) is 12.1 Å². The number of hydrogen-bond acceptors (Lipinski definition) is 3. The molecule has 31 heavy (non-hydrogen) atoms. The molecule has 0 saturated carbocycles. The van der Waals surface area contributed by atoms with Gasteiger partial charge in [0.05, 0.1) is 5.00 Å². The summed E-state index contributed by atoms with van der Waals surface area (Å²) in [4.78, 5) is 3.69. The number of fused-ring (bicyclic) bond motifs is 2. The summed E-state index contributed by atoms with van der Waals surface area (Å²) in [5.41, 5.74) is 2.39. The predicted octanol–water partition coefficient (Wildman–Crippen LogP) is 10.6. The SMILES string of the molecule is C=C(C)/C(C)=C/c1cc2cc3sc(N(C)CCCC)cc3cc2s1.CC.CCCCC. The molecule has 0 aliphatic heterocycles. The Morgan fingerprint density at radius 3 is 1.94 bits per heavy atom.